The monoisotopic (exact) mass is 305 g/mol. The highest BCUT2D eigenvalue weighted by Gasteiger charge is 2.06. The Hall–Kier alpha value is -1.81. The smallest absolute Gasteiger partial charge is 0.410 e. The summed E-state index contributed by atoms with van der Waals surface area (Å²) in [7, 11) is 0. The molecule has 0 unspecified atom stereocenters. The minimum Gasteiger partial charge on any atom is -0.410 e. The Morgan fingerprint density at radius 1 is 1.11 bits per heavy atom. The van der Waals surface area contributed by atoms with Crippen LogP contribution in [0.5, 0.6) is 5.75 Å². The Balaban J connectivity index is 2.01. The van der Waals surface area contributed by atoms with Gasteiger partial charge in [-0.25, -0.2) is 4.79 Å². The second-order valence-corrected chi connectivity index (χ2v) is 4.70. The number of amides is 1. The molecule has 0 atom stereocenters. The van der Waals surface area contributed by atoms with Crippen LogP contribution in [0.15, 0.2) is 53.0 Å². The van der Waals surface area contributed by atoms with E-state index in [0.717, 1.165) is 10.0 Å². The molecule has 1 N–H and O–H groups in total. The van der Waals surface area contributed by atoms with Crippen LogP contribution in [-0.4, -0.2) is 6.09 Å². The van der Waals surface area contributed by atoms with Gasteiger partial charge in [0.2, 0.25) is 0 Å². The molecule has 0 aromatic heterocycles. The molecule has 0 fully saturated rings. The Kier molecular flexibility index (Phi) is 3.99. The zero-order chi connectivity index (χ0) is 13.0. The van der Waals surface area contributed by atoms with Crippen molar-refractivity contribution in [3.05, 3.63) is 58.6 Å². The van der Waals surface area contributed by atoms with Gasteiger partial charge in [0, 0.05) is 10.2 Å². The number of carbonyl (C=O) groups excluding carboxylic acids is 1. The number of hydrogen-bond donors (Lipinski definition) is 1. The molecule has 0 saturated carbocycles. The second kappa shape index (κ2) is 5.69. The fourth-order valence-corrected chi connectivity index (χ4v) is 1.71. The highest BCUT2D eigenvalue weighted by Crippen LogP contribution is 2.18. The van der Waals surface area contributed by atoms with E-state index in [0.29, 0.717) is 11.4 Å². The molecule has 2 aromatic rings. The summed E-state index contributed by atoms with van der Waals surface area (Å²) in [4.78, 5) is 11.7. The van der Waals surface area contributed by atoms with Gasteiger partial charge in [0.05, 0.1) is 0 Å². The van der Waals surface area contributed by atoms with Gasteiger partial charge < -0.3 is 4.74 Å². The van der Waals surface area contributed by atoms with Crippen LogP contribution in [0.2, 0.25) is 0 Å². The molecule has 0 radical (unpaired) electrons. The van der Waals surface area contributed by atoms with E-state index < -0.39 is 6.09 Å². The average Bonchev–Trinajstić information content (AvgIpc) is 2.35. The fraction of sp³-hybridized carbons (Fsp3) is 0.0714. The number of benzene rings is 2. The predicted molar refractivity (Wildman–Crippen MR) is 75.0 cm³/mol. The van der Waals surface area contributed by atoms with Gasteiger partial charge in [0.1, 0.15) is 5.75 Å². The van der Waals surface area contributed by atoms with Crippen LogP contribution in [-0.2, 0) is 0 Å². The largest absolute Gasteiger partial charge is 0.417 e. The quantitative estimate of drug-likeness (QED) is 0.895. The number of para-hydroxylation sites is 1. The van der Waals surface area contributed by atoms with Crippen LogP contribution in [0, 0.1) is 6.92 Å². The minimum absolute atomic E-state index is 0.494. The third-order valence-electron chi connectivity index (χ3n) is 2.39. The summed E-state index contributed by atoms with van der Waals surface area (Å²) in [6.07, 6.45) is -0.494. The number of ether oxygens (including phenoxy) is 1. The van der Waals surface area contributed by atoms with Crippen molar-refractivity contribution < 1.29 is 9.53 Å². The number of anilines is 1. The molecule has 1 amide bonds. The summed E-state index contributed by atoms with van der Waals surface area (Å²) in [5.74, 6) is 0.562. The van der Waals surface area contributed by atoms with E-state index >= 15 is 0 Å². The van der Waals surface area contributed by atoms with E-state index in [1.165, 1.54) is 0 Å². The van der Waals surface area contributed by atoms with Crippen molar-refractivity contribution >= 4 is 27.7 Å². The van der Waals surface area contributed by atoms with E-state index in [9.17, 15) is 4.79 Å². The first-order valence-electron chi connectivity index (χ1n) is 5.45. The number of nitrogens with one attached hydrogen (secondary N) is 1. The van der Waals surface area contributed by atoms with Gasteiger partial charge in [-0.2, -0.15) is 0 Å². The summed E-state index contributed by atoms with van der Waals surface area (Å²) in [6.45, 7) is 1.89. The Labute approximate surface area is 114 Å². The lowest BCUT2D eigenvalue weighted by molar-refractivity contribution is 0.215. The molecule has 18 heavy (non-hydrogen) atoms. The molecule has 0 saturated heterocycles. The molecular formula is C14H12BrNO2. The van der Waals surface area contributed by atoms with Gasteiger partial charge in [-0.15, -0.1) is 0 Å². The van der Waals surface area contributed by atoms with E-state index in [2.05, 4.69) is 21.2 Å². The van der Waals surface area contributed by atoms with Crippen LogP contribution >= 0.6 is 15.9 Å². The van der Waals surface area contributed by atoms with Crippen LogP contribution in [0.25, 0.3) is 0 Å². The number of halogens is 1. The van der Waals surface area contributed by atoms with Gasteiger partial charge in [-0.05, 0) is 42.8 Å². The van der Waals surface area contributed by atoms with Gasteiger partial charge in [0.15, 0.2) is 0 Å². The Bertz CT molecular complexity index is 552. The zero-order valence-electron chi connectivity index (χ0n) is 9.81. The maximum absolute atomic E-state index is 11.7. The summed E-state index contributed by atoms with van der Waals surface area (Å²) < 4.78 is 6.18. The van der Waals surface area contributed by atoms with Crippen molar-refractivity contribution in [3.63, 3.8) is 0 Å². The molecule has 0 spiro atoms. The highest BCUT2D eigenvalue weighted by atomic mass is 79.9. The molecule has 0 aliphatic rings. The van der Waals surface area contributed by atoms with Crippen molar-refractivity contribution in [1.29, 1.82) is 0 Å². The Morgan fingerprint density at radius 3 is 2.44 bits per heavy atom. The number of carbonyl (C=O) groups is 1. The molecule has 2 aromatic carbocycles. The van der Waals surface area contributed by atoms with Crippen LogP contribution in [0.1, 0.15) is 5.56 Å². The molecule has 0 bridgehead atoms. The maximum atomic E-state index is 11.7. The lowest BCUT2D eigenvalue weighted by Gasteiger charge is -2.08. The molecule has 0 aliphatic carbocycles. The number of hydrogen-bond acceptors (Lipinski definition) is 2. The minimum atomic E-state index is -0.494. The third-order valence-corrected chi connectivity index (χ3v) is 2.92. The first-order chi connectivity index (χ1) is 8.65. The standard InChI is InChI=1S/C14H12BrNO2/c1-10-4-2-3-5-13(10)18-14(17)16-12-8-6-11(15)7-9-12/h2-9H,1H3,(H,16,17). The lowest BCUT2D eigenvalue weighted by atomic mass is 10.2. The average molecular weight is 306 g/mol. The van der Waals surface area contributed by atoms with Crippen LogP contribution in [0.4, 0.5) is 10.5 Å². The number of rotatable bonds is 2. The summed E-state index contributed by atoms with van der Waals surface area (Å²) >= 11 is 3.33. The normalized spacial score (nSPS) is 9.89. The van der Waals surface area contributed by atoms with Gasteiger partial charge in [-0.1, -0.05) is 34.1 Å². The summed E-state index contributed by atoms with van der Waals surface area (Å²) in [6, 6.07) is 14.7. The van der Waals surface area contributed by atoms with Gasteiger partial charge >= 0.3 is 6.09 Å². The topological polar surface area (TPSA) is 38.3 Å². The molecule has 0 heterocycles. The molecule has 2 rings (SSSR count). The van der Waals surface area contributed by atoms with Crippen molar-refractivity contribution in [2.75, 3.05) is 5.32 Å². The molecule has 0 aliphatic heterocycles. The van der Waals surface area contributed by atoms with E-state index in [1.54, 1.807) is 18.2 Å². The lowest BCUT2D eigenvalue weighted by Crippen LogP contribution is -2.17. The van der Waals surface area contributed by atoms with Crippen molar-refractivity contribution in [3.8, 4) is 5.75 Å². The highest BCUT2D eigenvalue weighted by molar-refractivity contribution is 9.10. The van der Waals surface area contributed by atoms with Crippen molar-refractivity contribution in [2.24, 2.45) is 0 Å². The van der Waals surface area contributed by atoms with Crippen molar-refractivity contribution in [1.82, 2.24) is 0 Å². The first-order valence-corrected chi connectivity index (χ1v) is 6.24. The van der Waals surface area contributed by atoms with E-state index in [4.69, 9.17) is 4.74 Å². The van der Waals surface area contributed by atoms with E-state index in [-0.39, 0.29) is 0 Å². The third kappa shape index (κ3) is 3.34. The number of aryl methyl sites for hydroxylation is 1. The second-order valence-electron chi connectivity index (χ2n) is 3.79. The molecule has 3 nitrogen and oxygen atoms in total. The SMILES string of the molecule is Cc1ccccc1OC(=O)Nc1ccc(Br)cc1. The van der Waals surface area contributed by atoms with Crippen LogP contribution in [0.3, 0.4) is 0 Å². The summed E-state index contributed by atoms with van der Waals surface area (Å²) in [5, 5.41) is 2.66. The zero-order valence-corrected chi connectivity index (χ0v) is 11.4. The van der Waals surface area contributed by atoms with Crippen molar-refractivity contribution in [2.45, 2.75) is 6.92 Å². The van der Waals surface area contributed by atoms with E-state index in [1.807, 2.05) is 37.3 Å². The maximum Gasteiger partial charge on any atom is 0.417 e. The van der Waals surface area contributed by atoms with Gasteiger partial charge in [-0.3, -0.25) is 5.32 Å². The first kappa shape index (κ1) is 12.6. The van der Waals surface area contributed by atoms with Gasteiger partial charge in [0.25, 0.3) is 0 Å². The molecule has 92 valence electrons. The predicted octanol–water partition coefficient (Wildman–Crippen LogP) is 4.37. The van der Waals surface area contributed by atoms with Crippen LogP contribution < -0.4 is 10.1 Å². The Morgan fingerprint density at radius 2 is 1.78 bits per heavy atom. The fourth-order valence-electron chi connectivity index (χ4n) is 1.45. The molecule has 4 heteroatoms. The summed E-state index contributed by atoms with van der Waals surface area (Å²) in [5.41, 5.74) is 1.61. The molecular weight excluding hydrogens is 294 g/mol.